The van der Waals surface area contributed by atoms with Gasteiger partial charge in [0.25, 0.3) is 0 Å². The van der Waals surface area contributed by atoms with Crippen LogP contribution < -0.4 is 14.8 Å². The average Bonchev–Trinajstić information content (AvgIpc) is 3.08. The highest BCUT2D eigenvalue weighted by molar-refractivity contribution is 7.09. The summed E-state index contributed by atoms with van der Waals surface area (Å²) >= 11 is 1.66. The summed E-state index contributed by atoms with van der Waals surface area (Å²) in [5.41, 5.74) is 2.19. The molecule has 0 aliphatic rings. The van der Waals surface area contributed by atoms with Crippen LogP contribution in [0, 0.1) is 6.92 Å². The number of rotatable bonds is 8. The lowest BCUT2D eigenvalue weighted by Gasteiger charge is -2.28. The van der Waals surface area contributed by atoms with Gasteiger partial charge in [-0.25, -0.2) is 4.98 Å². The molecule has 1 aromatic heterocycles. The molecule has 0 aliphatic carbocycles. The van der Waals surface area contributed by atoms with Crippen LogP contribution in [0.4, 0.5) is 0 Å². The maximum Gasteiger partial charge on any atom is 0.193 e. The number of nitrogens with zero attached hydrogens (tertiary/aromatic N) is 4. The number of nitrogens with one attached hydrogen (secondary N) is 1. The van der Waals surface area contributed by atoms with Gasteiger partial charge in [-0.2, -0.15) is 0 Å². The molecule has 2 aromatic rings. The molecule has 1 heterocycles. The van der Waals surface area contributed by atoms with Gasteiger partial charge in [-0.1, -0.05) is 6.07 Å². The van der Waals surface area contributed by atoms with Crippen molar-refractivity contribution in [1.29, 1.82) is 0 Å². The van der Waals surface area contributed by atoms with Crippen LogP contribution in [-0.2, 0) is 6.54 Å². The Morgan fingerprint density at radius 1 is 1.21 bits per heavy atom. The zero-order valence-corrected chi connectivity index (χ0v) is 18.6. The third-order valence-corrected chi connectivity index (χ3v) is 5.33. The number of aliphatic imine (C=N–C) groups is 1. The molecule has 154 valence electrons. The summed E-state index contributed by atoms with van der Waals surface area (Å²) in [5.74, 6) is 2.29. The van der Waals surface area contributed by atoms with Crippen molar-refractivity contribution in [2.45, 2.75) is 19.5 Å². The number of aromatic nitrogens is 1. The first-order valence-corrected chi connectivity index (χ1v) is 9.98. The van der Waals surface area contributed by atoms with Gasteiger partial charge in [-0.3, -0.25) is 4.99 Å². The molecule has 0 saturated heterocycles. The number of benzene rings is 1. The van der Waals surface area contributed by atoms with Crippen molar-refractivity contribution in [3.63, 3.8) is 0 Å². The normalized spacial score (nSPS) is 12.8. The molecule has 0 amide bonds. The van der Waals surface area contributed by atoms with Gasteiger partial charge in [0.05, 0.1) is 37.5 Å². The topological polar surface area (TPSA) is 62.2 Å². The van der Waals surface area contributed by atoms with E-state index in [0.29, 0.717) is 13.1 Å². The second-order valence-electron chi connectivity index (χ2n) is 6.74. The Kier molecular flexibility index (Phi) is 8.07. The predicted molar refractivity (Wildman–Crippen MR) is 116 cm³/mol. The van der Waals surface area contributed by atoms with Gasteiger partial charge in [0.15, 0.2) is 17.5 Å². The van der Waals surface area contributed by atoms with Gasteiger partial charge < -0.3 is 24.6 Å². The number of hydrogen-bond donors (Lipinski definition) is 1. The number of aryl methyl sites for hydroxylation is 1. The smallest absolute Gasteiger partial charge is 0.193 e. The van der Waals surface area contributed by atoms with Crippen LogP contribution in [0.25, 0.3) is 0 Å². The highest BCUT2D eigenvalue weighted by atomic mass is 32.1. The Morgan fingerprint density at radius 2 is 1.93 bits per heavy atom. The third kappa shape index (κ3) is 5.59. The van der Waals surface area contributed by atoms with Gasteiger partial charge >= 0.3 is 0 Å². The monoisotopic (exact) mass is 405 g/mol. The maximum absolute atomic E-state index is 5.46. The standard InChI is InChI=1S/C20H31N5O2S/c1-14-23-16(13-28-14)12-25(5)20(21-2)22-11-17(24(3)4)15-8-9-18(26-6)19(10-15)27-7/h8-10,13,17H,11-12H2,1-7H3,(H,21,22). The van der Waals surface area contributed by atoms with E-state index in [1.54, 1.807) is 32.6 Å². The van der Waals surface area contributed by atoms with Gasteiger partial charge in [0.2, 0.25) is 0 Å². The van der Waals surface area contributed by atoms with Crippen LogP contribution in [0.15, 0.2) is 28.6 Å². The number of ether oxygens (including phenoxy) is 2. The van der Waals surface area contributed by atoms with Crippen molar-refractivity contribution < 1.29 is 9.47 Å². The lowest BCUT2D eigenvalue weighted by atomic mass is 10.1. The molecule has 0 radical (unpaired) electrons. The van der Waals surface area contributed by atoms with Crippen LogP contribution in [0.1, 0.15) is 22.3 Å². The maximum atomic E-state index is 5.46. The molecule has 0 fully saturated rings. The number of likely N-dealkylation sites (N-methyl/N-ethyl adjacent to an activating group) is 1. The van der Waals surface area contributed by atoms with Crippen molar-refractivity contribution in [2.24, 2.45) is 4.99 Å². The molecule has 1 aromatic carbocycles. The highest BCUT2D eigenvalue weighted by Crippen LogP contribution is 2.31. The largest absolute Gasteiger partial charge is 0.493 e. The Balaban J connectivity index is 2.09. The first kappa shape index (κ1) is 22.0. The minimum Gasteiger partial charge on any atom is -0.493 e. The van der Waals surface area contributed by atoms with Crippen LogP contribution in [-0.4, -0.2) is 69.7 Å². The second kappa shape index (κ2) is 10.3. The number of thiazole rings is 1. The molecule has 0 spiro atoms. The van der Waals surface area contributed by atoms with E-state index in [2.05, 4.69) is 50.6 Å². The van der Waals surface area contributed by atoms with Crippen molar-refractivity contribution in [3.05, 3.63) is 39.8 Å². The number of hydrogen-bond acceptors (Lipinski definition) is 6. The van der Waals surface area contributed by atoms with Crippen LogP contribution in [0.2, 0.25) is 0 Å². The van der Waals surface area contributed by atoms with E-state index in [0.717, 1.165) is 33.7 Å². The minimum absolute atomic E-state index is 0.145. The molecule has 1 unspecified atom stereocenters. The molecule has 2 rings (SSSR count). The van der Waals surface area contributed by atoms with E-state index >= 15 is 0 Å². The summed E-state index contributed by atoms with van der Waals surface area (Å²) in [7, 11) is 11.2. The fourth-order valence-electron chi connectivity index (χ4n) is 3.03. The average molecular weight is 406 g/mol. The Morgan fingerprint density at radius 3 is 2.46 bits per heavy atom. The summed E-state index contributed by atoms with van der Waals surface area (Å²) in [6.45, 7) is 3.44. The van der Waals surface area contributed by atoms with Crippen molar-refractivity contribution in [1.82, 2.24) is 20.1 Å². The molecule has 7 nitrogen and oxygen atoms in total. The molecule has 8 heteroatoms. The van der Waals surface area contributed by atoms with Gasteiger partial charge in [-0.05, 0) is 38.7 Å². The number of guanidine groups is 1. The van der Waals surface area contributed by atoms with E-state index in [1.165, 1.54) is 0 Å². The van der Waals surface area contributed by atoms with Gasteiger partial charge in [-0.15, -0.1) is 11.3 Å². The van der Waals surface area contributed by atoms with Crippen molar-refractivity contribution in [3.8, 4) is 11.5 Å². The molecule has 0 saturated carbocycles. The fraction of sp³-hybridized carbons (Fsp3) is 0.500. The molecular formula is C20H31N5O2S. The molecule has 0 aliphatic heterocycles. The molecule has 28 heavy (non-hydrogen) atoms. The van der Waals surface area contributed by atoms with Crippen molar-refractivity contribution >= 4 is 17.3 Å². The first-order valence-electron chi connectivity index (χ1n) is 9.10. The lowest BCUT2D eigenvalue weighted by molar-refractivity contribution is 0.293. The molecule has 1 N–H and O–H groups in total. The summed E-state index contributed by atoms with van der Waals surface area (Å²) in [5, 5.41) is 6.65. The zero-order chi connectivity index (χ0) is 20.7. The lowest BCUT2D eigenvalue weighted by Crippen LogP contribution is -2.42. The predicted octanol–water partition coefficient (Wildman–Crippen LogP) is 2.78. The van der Waals surface area contributed by atoms with Gasteiger partial charge in [0.1, 0.15) is 0 Å². The third-order valence-electron chi connectivity index (χ3n) is 4.51. The quantitative estimate of drug-likeness (QED) is 0.538. The second-order valence-corrected chi connectivity index (χ2v) is 7.80. The van der Waals surface area contributed by atoms with E-state index in [-0.39, 0.29) is 6.04 Å². The van der Waals surface area contributed by atoms with Crippen LogP contribution >= 0.6 is 11.3 Å². The molecule has 1 atom stereocenters. The Hall–Kier alpha value is -2.32. The summed E-state index contributed by atoms with van der Waals surface area (Å²) in [6.07, 6.45) is 0. The fourth-order valence-corrected chi connectivity index (χ4v) is 3.63. The van der Waals surface area contributed by atoms with Gasteiger partial charge in [0, 0.05) is 26.0 Å². The van der Waals surface area contributed by atoms with Crippen LogP contribution in [0.5, 0.6) is 11.5 Å². The first-order chi connectivity index (χ1) is 13.4. The Bertz CT molecular complexity index is 791. The number of methoxy groups -OCH3 is 2. The van der Waals surface area contributed by atoms with Crippen LogP contribution in [0.3, 0.4) is 0 Å². The van der Waals surface area contributed by atoms with E-state index in [4.69, 9.17) is 9.47 Å². The molecule has 0 bridgehead atoms. The van der Waals surface area contributed by atoms with E-state index in [9.17, 15) is 0 Å². The minimum atomic E-state index is 0.145. The van der Waals surface area contributed by atoms with E-state index < -0.39 is 0 Å². The summed E-state index contributed by atoms with van der Waals surface area (Å²) in [4.78, 5) is 13.2. The zero-order valence-electron chi connectivity index (χ0n) is 17.8. The SMILES string of the molecule is CN=C(NCC(c1ccc(OC)c(OC)c1)N(C)C)N(C)Cc1csc(C)n1. The van der Waals surface area contributed by atoms with E-state index in [1.807, 2.05) is 26.1 Å². The summed E-state index contributed by atoms with van der Waals surface area (Å²) in [6, 6.07) is 6.18. The summed E-state index contributed by atoms with van der Waals surface area (Å²) < 4.78 is 10.8. The Labute approximate surface area is 172 Å². The van der Waals surface area contributed by atoms with Crippen molar-refractivity contribution in [2.75, 3.05) is 49.0 Å². The highest BCUT2D eigenvalue weighted by Gasteiger charge is 2.18. The molecular weight excluding hydrogens is 374 g/mol.